The lowest BCUT2D eigenvalue weighted by molar-refractivity contribution is 0.500. The monoisotopic (exact) mass is 292 g/mol. The van der Waals surface area contributed by atoms with Crippen molar-refractivity contribution >= 4 is 10.0 Å². The van der Waals surface area contributed by atoms with Crippen LogP contribution in [0.5, 0.6) is 0 Å². The van der Waals surface area contributed by atoms with Gasteiger partial charge in [-0.05, 0) is 30.9 Å². The molecule has 1 atom stereocenters. The minimum Gasteiger partial charge on any atom is -0.337 e. The van der Waals surface area contributed by atoms with Crippen molar-refractivity contribution in [2.24, 2.45) is 13.0 Å². The Labute approximate surface area is 117 Å². The van der Waals surface area contributed by atoms with E-state index >= 15 is 0 Å². The van der Waals surface area contributed by atoms with Crippen molar-refractivity contribution < 1.29 is 8.42 Å². The molecule has 0 spiro atoms. The van der Waals surface area contributed by atoms with Gasteiger partial charge >= 0.3 is 0 Å². The average Bonchev–Trinajstić information content (AvgIpc) is 3.20. The number of nitrogens with zero attached hydrogens (tertiary/aromatic N) is 3. The van der Waals surface area contributed by atoms with Gasteiger partial charge in [-0.15, -0.1) is 0 Å². The van der Waals surface area contributed by atoms with Gasteiger partial charge in [0.2, 0.25) is 10.0 Å². The van der Waals surface area contributed by atoms with Crippen molar-refractivity contribution in [1.82, 2.24) is 19.3 Å². The predicted octanol–water partition coefficient (Wildman–Crippen LogP) is 1.24. The highest BCUT2D eigenvalue weighted by Gasteiger charge is 2.37. The van der Waals surface area contributed by atoms with Gasteiger partial charge in [0.05, 0.1) is 6.04 Å². The second-order valence-electron chi connectivity index (χ2n) is 5.02. The summed E-state index contributed by atoms with van der Waals surface area (Å²) < 4.78 is 29.4. The minimum absolute atomic E-state index is 0.180. The Bertz CT molecular complexity index is 692. The van der Waals surface area contributed by atoms with Gasteiger partial charge in [-0.25, -0.2) is 18.1 Å². The van der Waals surface area contributed by atoms with Crippen molar-refractivity contribution in [2.75, 3.05) is 0 Å². The Kier molecular flexibility index (Phi) is 3.31. The van der Waals surface area contributed by atoms with E-state index in [-0.39, 0.29) is 10.9 Å². The molecule has 0 aliphatic heterocycles. The number of pyridine rings is 1. The minimum atomic E-state index is -3.57. The fourth-order valence-corrected chi connectivity index (χ4v) is 3.43. The van der Waals surface area contributed by atoms with Gasteiger partial charge in [0, 0.05) is 31.8 Å². The van der Waals surface area contributed by atoms with E-state index in [0.717, 1.165) is 18.7 Å². The molecule has 2 aromatic heterocycles. The van der Waals surface area contributed by atoms with Crippen LogP contribution in [0.15, 0.2) is 41.8 Å². The molecule has 0 bridgehead atoms. The molecule has 2 aromatic rings. The molecule has 20 heavy (non-hydrogen) atoms. The molecule has 3 rings (SSSR count). The first-order valence-corrected chi connectivity index (χ1v) is 7.96. The van der Waals surface area contributed by atoms with Crippen LogP contribution in [0, 0.1) is 5.92 Å². The van der Waals surface area contributed by atoms with Gasteiger partial charge < -0.3 is 4.57 Å². The Morgan fingerprint density at radius 1 is 1.40 bits per heavy atom. The third kappa shape index (κ3) is 2.59. The van der Waals surface area contributed by atoms with Crippen LogP contribution in [-0.2, 0) is 17.1 Å². The molecule has 106 valence electrons. The van der Waals surface area contributed by atoms with Crippen LogP contribution in [0.1, 0.15) is 24.7 Å². The zero-order valence-electron chi connectivity index (χ0n) is 11.1. The summed E-state index contributed by atoms with van der Waals surface area (Å²) in [5.74, 6) is 1.07. The Morgan fingerprint density at radius 2 is 2.20 bits per heavy atom. The molecule has 0 saturated heterocycles. The summed E-state index contributed by atoms with van der Waals surface area (Å²) in [4.78, 5) is 8.32. The number of hydrogen-bond acceptors (Lipinski definition) is 4. The first kappa shape index (κ1) is 13.3. The summed E-state index contributed by atoms with van der Waals surface area (Å²) in [6, 6.07) is 2.87. The van der Waals surface area contributed by atoms with E-state index in [1.165, 1.54) is 12.3 Å². The van der Waals surface area contributed by atoms with Crippen molar-refractivity contribution in [1.29, 1.82) is 0 Å². The molecule has 0 radical (unpaired) electrons. The lowest BCUT2D eigenvalue weighted by atomic mass is 10.2. The van der Waals surface area contributed by atoms with E-state index in [9.17, 15) is 8.42 Å². The van der Waals surface area contributed by atoms with Gasteiger partial charge in [0.15, 0.2) is 0 Å². The topological polar surface area (TPSA) is 76.9 Å². The van der Waals surface area contributed by atoms with Gasteiger partial charge in [-0.3, -0.25) is 4.98 Å². The van der Waals surface area contributed by atoms with Gasteiger partial charge in [-0.1, -0.05) is 0 Å². The van der Waals surface area contributed by atoms with Gasteiger partial charge in [0.25, 0.3) is 0 Å². The maximum absolute atomic E-state index is 12.4. The van der Waals surface area contributed by atoms with Crippen LogP contribution in [0.4, 0.5) is 0 Å². The lowest BCUT2D eigenvalue weighted by Gasteiger charge is -2.18. The number of nitrogens with one attached hydrogen (secondary N) is 1. The third-order valence-electron chi connectivity index (χ3n) is 3.46. The molecular weight excluding hydrogens is 276 g/mol. The molecule has 1 saturated carbocycles. The van der Waals surface area contributed by atoms with Crippen LogP contribution < -0.4 is 4.72 Å². The number of rotatable bonds is 5. The standard InChI is InChI=1S/C13H16N4O2S/c1-17-8-7-15-13(17)12(10-4-5-10)16-20(18,19)11-3-2-6-14-9-11/h2-3,6-10,12,16H,4-5H2,1H3. The number of aromatic nitrogens is 3. The fourth-order valence-electron chi connectivity index (χ4n) is 2.21. The van der Waals surface area contributed by atoms with Crippen LogP contribution in [0.25, 0.3) is 0 Å². The molecule has 1 aliphatic rings. The third-order valence-corrected chi connectivity index (χ3v) is 4.88. The molecule has 0 amide bonds. The van der Waals surface area contributed by atoms with E-state index < -0.39 is 10.0 Å². The van der Waals surface area contributed by atoms with Crippen molar-refractivity contribution in [3.8, 4) is 0 Å². The maximum atomic E-state index is 12.4. The highest BCUT2D eigenvalue weighted by atomic mass is 32.2. The van der Waals surface area contributed by atoms with Crippen molar-refractivity contribution in [3.63, 3.8) is 0 Å². The van der Waals surface area contributed by atoms with Gasteiger partial charge in [0.1, 0.15) is 10.7 Å². The van der Waals surface area contributed by atoms with E-state index in [1.807, 2.05) is 17.8 Å². The molecule has 1 N–H and O–H groups in total. The maximum Gasteiger partial charge on any atom is 0.242 e. The van der Waals surface area contributed by atoms with E-state index in [4.69, 9.17) is 0 Å². The second kappa shape index (κ2) is 4.99. The summed E-state index contributed by atoms with van der Waals surface area (Å²) in [5.41, 5.74) is 0. The zero-order valence-corrected chi connectivity index (χ0v) is 11.9. The number of aryl methyl sites for hydroxylation is 1. The van der Waals surface area contributed by atoms with Gasteiger partial charge in [-0.2, -0.15) is 0 Å². The Morgan fingerprint density at radius 3 is 2.75 bits per heavy atom. The van der Waals surface area contributed by atoms with Crippen LogP contribution in [0.2, 0.25) is 0 Å². The smallest absolute Gasteiger partial charge is 0.242 e. The summed E-state index contributed by atoms with van der Waals surface area (Å²) >= 11 is 0. The summed E-state index contributed by atoms with van der Waals surface area (Å²) in [6.45, 7) is 0. The highest BCUT2D eigenvalue weighted by molar-refractivity contribution is 7.89. The number of sulfonamides is 1. The molecule has 7 heteroatoms. The largest absolute Gasteiger partial charge is 0.337 e. The summed E-state index contributed by atoms with van der Waals surface area (Å²) in [7, 11) is -1.70. The van der Waals surface area contributed by atoms with Crippen molar-refractivity contribution in [2.45, 2.75) is 23.8 Å². The van der Waals surface area contributed by atoms with E-state index in [1.54, 1.807) is 18.5 Å². The molecular formula is C13H16N4O2S. The lowest BCUT2D eigenvalue weighted by Crippen LogP contribution is -2.31. The Balaban J connectivity index is 1.90. The molecule has 1 unspecified atom stereocenters. The number of hydrogen-bond donors (Lipinski definition) is 1. The van der Waals surface area contributed by atoms with E-state index in [0.29, 0.717) is 5.92 Å². The van der Waals surface area contributed by atoms with E-state index in [2.05, 4.69) is 14.7 Å². The molecule has 1 fully saturated rings. The molecule has 6 nitrogen and oxygen atoms in total. The fraction of sp³-hybridized carbons (Fsp3) is 0.385. The predicted molar refractivity (Wildman–Crippen MR) is 73.2 cm³/mol. The van der Waals surface area contributed by atoms with Crippen LogP contribution >= 0.6 is 0 Å². The Hall–Kier alpha value is -1.73. The van der Waals surface area contributed by atoms with Crippen molar-refractivity contribution in [3.05, 3.63) is 42.7 Å². The summed E-state index contributed by atoms with van der Waals surface area (Å²) in [6.07, 6.45) is 8.45. The van der Waals surface area contributed by atoms with Crippen LogP contribution in [-0.4, -0.2) is 23.0 Å². The highest BCUT2D eigenvalue weighted by Crippen LogP contribution is 2.41. The quantitative estimate of drug-likeness (QED) is 0.899. The first-order chi connectivity index (χ1) is 9.58. The molecule has 0 aromatic carbocycles. The summed E-state index contributed by atoms with van der Waals surface area (Å²) in [5, 5.41) is 0. The molecule has 1 aliphatic carbocycles. The zero-order chi connectivity index (χ0) is 14.2. The molecule has 2 heterocycles. The van der Waals surface area contributed by atoms with Crippen LogP contribution in [0.3, 0.4) is 0 Å². The SMILES string of the molecule is Cn1ccnc1C(NS(=O)(=O)c1cccnc1)C1CC1. The second-order valence-corrected chi connectivity index (χ2v) is 6.74. The normalized spacial score (nSPS) is 17.1. The average molecular weight is 292 g/mol. The number of imidazole rings is 1. The first-order valence-electron chi connectivity index (χ1n) is 6.47.